The summed E-state index contributed by atoms with van der Waals surface area (Å²) < 4.78 is 0. The van der Waals surface area contributed by atoms with Crippen molar-refractivity contribution in [3.8, 4) is 5.75 Å². The largest absolute Gasteiger partial charge is 0.366 e. The summed E-state index contributed by atoms with van der Waals surface area (Å²) in [5, 5.41) is 0. The molecule has 0 spiro atoms. The number of carbonyl (C=O) groups excluding carboxylic acids is 1. The molecule has 0 aliphatic carbocycles. The zero-order chi connectivity index (χ0) is 8.55. The van der Waals surface area contributed by atoms with Crippen LogP contribution in [0, 0.1) is 0 Å². The minimum Gasteiger partial charge on any atom is -0.366 e. The summed E-state index contributed by atoms with van der Waals surface area (Å²) in [7, 11) is 0. The molecule has 0 bridgehead atoms. The normalized spacial score (nSPS) is 13.0. The van der Waals surface area contributed by atoms with Crippen LogP contribution in [0.3, 0.4) is 0 Å². The van der Waals surface area contributed by atoms with E-state index in [0.717, 1.165) is 0 Å². The molecule has 5 heteroatoms. The van der Waals surface area contributed by atoms with Crippen molar-refractivity contribution < 1.29 is 14.7 Å². The van der Waals surface area contributed by atoms with Crippen LogP contribution in [0.2, 0.25) is 0 Å². The minimum atomic E-state index is -0.480. The lowest BCUT2D eigenvalue weighted by molar-refractivity contribution is -0.160. The van der Waals surface area contributed by atoms with E-state index in [1.54, 1.807) is 18.2 Å². The SMILES string of the molecule is NC(=O)c1ccc2c(c1)NOO2. The maximum atomic E-state index is 10.7. The fourth-order valence-corrected chi connectivity index (χ4v) is 0.946. The molecular formula is C7H6N2O3. The molecule has 1 amide bonds. The first-order valence-corrected chi connectivity index (χ1v) is 3.31. The van der Waals surface area contributed by atoms with Crippen molar-refractivity contribution in [1.29, 1.82) is 0 Å². The molecule has 2 rings (SSSR count). The van der Waals surface area contributed by atoms with Gasteiger partial charge in [-0.05, 0) is 18.2 Å². The van der Waals surface area contributed by atoms with E-state index in [1.807, 2.05) is 0 Å². The molecule has 0 fully saturated rings. The summed E-state index contributed by atoms with van der Waals surface area (Å²) in [6, 6.07) is 4.73. The minimum absolute atomic E-state index is 0.412. The van der Waals surface area contributed by atoms with Crippen molar-refractivity contribution in [2.24, 2.45) is 5.73 Å². The maximum Gasteiger partial charge on any atom is 0.248 e. The summed E-state index contributed by atoms with van der Waals surface area (Å²) in [6.07, 6.45) is 0. The average Bonchev–Trinajstić information content (AvgIpc) is 2.49. The second-order valence-electron chi connectivity index (χ2n) is 2.34. The van der Waals surface area contributed by atoms with Gasteiger partial charge in [-0.25, -0.2) is 5.48 Å². The monoisotopic (exact) mass is 166 g/mol. The number of anilines is 1. The predicted octanol–water partition coefficient (Wildman–Crippen LogP) is 0.436. The van der Waals surface area contributed by atoms with E-state index < -0.39 is 5.91 Å². The maximum absolute atomic E-state index is 10.7. The molecule has 5 nitrogen and oxygen atoms in total. The van der Waals surface area contributed by atoms with Crippen molar-refractivity contribution >= 4 is 11.6 Å². The number of fused-ring (bicyclic) bond motifs is 1. The lowest BCUT2D eigenvalue weighted by atomic mass is 10.2. The molecule has 1 aliphatic rings. The van der Waals surface area contributed by atoms with E-state index in [-0.39, 0.29) is 0 Å². The van der Waals surface area contributed by atoms with Gasteiger partial charge in [0.1, 0.15) is 5.69 Å². The van der Waals surface area contributed by atoms with Crippen molar-refractivity contribution in [3.05, 3.63) is 23.8 Å². The molecule has 1 heterocycles. The molecule has 1 aromatic rings. The Balaban J connectivity index is 2.45. The van der Waals surface area contributed by atoms with Crippen molar-refractivity contribution in [3.63, 3.8) is 0 Å². The quantitative estimate of drug-likeness (QED) is 0.593. The second kappa shape index (κ2) is 2.38. The third-order valence-corrected chi connectivity index (χ3v) is 1.55. The molecule has 62 valence electrons. The Morgan fingerprint density at radius 3 is 3.08 bits per heavy atom. The first-order valence-electron chi connectivity index (χ1n) is 3.31. The first kappa shape index (κ1) is 6.93. The molecule has 0 aromatic heterocycles. The van der Waals surface area contributed by atoms with Crippen LogP contribution in [0.15, 0.2) is 18.2 Å². The first-order chi connectivity index (χ1) is 5.77. The number of rotatable bonds is 1. The lowest BCUT2D eigenvalue weighted by Gasteiger charge is -1.95. The Labute approximate surface area is 68.0 Å². The molecule has 0 radical (unpaired) electrons. The smallest absolute Gasteiger partial charge is 0.248 e. The Bertz CT molecular complexity index is 337. The molecule has 1 aliphatic heterocycles. The number of carbonyl (C=O) groups is 1. The molecule has 0 saturated heterocycles. The van der Waals surface area contributed by atoms with Crippen molar-refractivity contribution in [1.82, 2.24) is 0 Å². The Morgan fingerprint density at radius 1 is 1.50 bits per heavy atom. The number of nitrogens with one attached hydrogen (secondary N) is 1. The van der Waals surface area contributed by atoms with E-state index >= 15 is 0 Å². The van der Waals surface area contributed by atoms with Crippen LogP contribution in [-0.4, -0.2) is 5.91 Å². The van der Waals surface area contributed by atoms with Crippen LogP contribution < -0.4 is 16.1 Å². The van der Waals surface area contributed by atoms with E-state index in [2.05, 4.69) is 15.4 Å². The standard InChI is InChI=1S/C7H6N2O3/c8-7(10)4-1-2-6-5(3-4)9-12-11-6/h1-3,9H,(H2,8,10). The topological polar surface area (TPSA) is 73.6 Å². The highest BCUT2D eigenvalue weighted by molar-refractivity contribution is 5.94. The summed E-state index contributed by atoms with van der Waals surface area (Å²) in [4.78, 5) is 19.8. The van der Waals surface area contributed by atoms with Gasteiger partial charge >= 0.3 is 0 Å². The number of amides is 1. The van der Waals surface area contributed by atoms with Crippen LogP contribution in [0.4, 0.5) is 5.69 Å². The van der Waals surface area contributed by atoms with Gasteiger partial charge < -0.3 is 10.6 Å². The van der Waals surface area contributed by atoms with Crippen LogP contribution >= 0.6 is 0 Å². The Kier molecular flexibility index (Phi) is 1.38. The molecule has 3 N–H and O–H groups in total. The van der Waals surface area contributed by atoms with Gasteiger partial charge in [0.2, 0.25) is 5.91 Å². The van der Waals surface area contributed by atoms with Crippen molar-refractivity contribution in [2.75, 3.05) is 5.48 Å². The Hall–Kier alpha value is -1.75. The number of hydrogen-bond donors (Lipinski definition) is 2. The fraction of sp³-hybridized carbons (Fsp3) is 0. The van der Waals surface area contributed by atoms with Crippen LogP contribution in [0.25, 0.3) is 0 Å². The van der Waals surface area contributed by atoms with Gasteiger partial charge in [-0.2, -0.15) is 0 Å². The zero-order valence-electron chi connectivity index (χ0n) is 6.03. The van der Waals surface area contributed by atoms with Crippen molar-refractivity contribution in [2.45, 2.75) is 0 Å². The van der Waals surface area contributed by atoms with Gasteiger partial charge in [-0.1, -0.05) is 4.99 Å². The highest BCUT2D eigenvalue weighted by atomic mass is 17.3. The van der Waals surface area contributed by atoms with Gasteiger partial charge in [0, 0.05) is 5.56 Å². The second-order valence-corrected chi connectivity index (χ2v) is 2.34. The highest BCUT2D eigenvalue weighted by Crippen LogP contribution is 2.29. The third-order valence-electron chi connectivity index (χ3n) is 1.55. The summed E-state index contributed by atoms with van der Waals surface area (Å²) >= 11 is 0. The van der Waals surface area contributed by atoms with Gasteiger partial charge in [0.05, 0.1) is 0 Å². The number of benzene rings is 1. The molecule has 0 atom stereocenters. The van der Waals surface area contributed by atoms with E-state index in [4.69, 9.17) is 5.73 Å². The van der Waals surface area contributed by atoms with Crippen LogP contribution in [0.1, 0.15) is 10.4 Å². The fourth-order valence-electron chi connectivity index (χ4n) is 0.946. The molecule has 0 saturated carbocycles. The Morgan fingerprint density at radius 2 is 2.33 bits per heavy atom. The number of hydrogen-bond acceptors (Lipinski definition) is 4. The van der Waals surface area contributed by atoms with Gasteiger partial charge in [-0.3, -0.25) is 4.79 Å². The van der Waals surface area contributed by atoms with Gasteiger partial charge in [0.15, 0.2) is 5.75 Å². The molecule has 1 aromatic carbocycles. The van der Waals surface area contributed by atoms with E-state index in [1.165, 1.54) is 0 Å². The molecule has 0 unspecified atom stereocenters. The van der Waals surface area contributed by atoms with Gasteiger partial charge in [0.25, 0.3) is 0 Å². The van der Waals surface area contributed by atoms with Crippen LogP contribution in [0.5, 0.6) is 5.75 Å². The van der Waals surface area contributed by atoms with E-state index in [9.17, 15) is 4.79 Å². The molecular weight excluding hydrogens is 160 g/mol. The molecule has 12 heavy (non-hydrogen) atoms. The third kappa shape index (κ3) is 0.960. The summed E-state index contributed by atoms with van der Waals surface area (Å²) in [6.45, 7) is 0. The average molecular weight is 166 g/mol. The number of nitrogens with two attached hydrogens (primary N) is 1. The highest BCUT2D eigenvalue weighted by Gasteiger charge is 2.14. The predicted molar refractivity (Wildman–Crippen MR) is 40.3 cm³/mol. The zero-order valence-corrected chi connectivity index (χ0v) is 6.03. The lowest BCUT2D eigenvalue weighted by Crippen LogP contribution is -2.10. The van der Waals surface area contributed by atoms with E-state index in [0.29, 0.717) is 17.0 Å². The summed E-state index contributed by atoms with van der Waals surface area (Å²) in [5.41, 5.74) is 8.54. The summed E-state index contributed by atoms with van der Waals surface area (Å²) in [5.74, 6) is 0.0616. The van der Waals surface area contributed by atoms with Gasteiger partial charge in [-0.15, -0.1) is 0 Å². The number of primary amides is 1. The van der Waals surface area contributed by atoms with Crippen LogP contribution in [-0.2, 0) is 4.99 Å².